The van der Waals surface area contributed by atoms with E-state index in [-0.39, 0.29) is 0 Å². The summed E-state index contributed by atoms with van der Waals surface area (Å²) in [5, 5.41) is 7.35. The summed E-state index contributed by atoms with van der Waals surface area (Å²) >= 11 is 3.57. The molecule has 2 aliphatic rings. The van der Waals surface area contributed by atoms with Crippen molar-refractivity contribution in [3.05, 3.63) is 52.9 Å². The molecule has 2 N–H and O–H groups in total. The van der Waals surface area contributed by atoms with Gasteiger partial charge in [0.25, 0.3) is 0 Å². The van der Waals surface area contributed by atoms with Crippen molar-refractivity contribution in [1.29, 1.82) is 0 Å². The van der Waals surface area contributed by atoms with Crippen LogP contribution in [-0.2, 0) is 4.57 Å². The fourth-order valence-corrected chi connectivity index (χ4v) is 7.98. The zero-order valence-corrected chi connectivity index (χ0v) is 29.2. The second-order valence-electron chi connectivity index (χ2n) is 12.5. The number of ether oxygens (including phenoxy) is 1. The molecule has 2 aromatic heterocycles. The molecule has 2 saturated heterocycles. The summed E-state index contributed by atoms with van der Waals surface area (Å²) in [5.41, 5.74) is 5.10. The molecule has 0 radical (unpaired) electrons. The molecule has 0 unspecified atom stereocenters. The number of rotatable bonds is 9. The first-order valence-electron chi connectivity index (χ1n) is 15.2. The number of nitrogens with zero attached hydrogens (tertiary/aromatic N) is 7. The number of hydrogen-bond donors (Lipinski definition) is 2. The molecule has 0 spiro atoms. The minimum absolute atomic E-state index is 0.399. The van der Waals surface area contributed by atoms with Crippen molar-refractivity contribution >= 4 is 68.2 Å². The van der Waals surface area contributed by atoms with Crippen molar-refractivity contribution in [2.75, 3.05) is 76.2 Å². The van der Waals surface area contributed by atoms with E-state index >= 15 is 0 Å². The average Bonchev–Trinajstić information content (AvgIpc) is 2.98. The summed E-state index contributed by atoms with van der Waals surface area (Å²) in [5.74, 6) is 1.65. The third-order valence-corrected chi connectivity index (χ3v) is 11.0. The molecule has 2 aromatic carbocycles. The minimum atomic E-state index is -2.73. The van der Waals surface area contributed by atoms with E-state index in [1.807, 2.05) is 12.1 Å². The lowest BCUT2D eigenvalue weighted by molar-refractivity contribution is 0.0188. The number of aromatic nitrogens is 4. The van der Waals surface area contributed by atoms with E-state index in [4.69, 9.17) is 9.72 Å². The molecule has 2 aliphatic heterocycles. The quantitative estimate of drug-likeness (QED) is 0.218. The van der Waals surface area contributed by atoms with Crippen LogP contribution in [0.4, 0.5) is 28.8 Å². The minimum Gasteiger partial charge on any atom is -0.494 e. The van der Waals surface area contributed by atoms with Crippen LogP contribution in [0.5, 0.6) is 5.75 Å². The Morgan fingerprint density at radius 1 is 1.02 bits per heavy atom. The van der Waals surface area contributed by atoms with Gasteiger partial charge in [0, 0.05) is 68.6 Å². The van der Waals surface area contributed by atoms with Crippen molar-refractivity contribution in [3.63, 3.8) is 0 Å². The smallest absolute Gasteiger partial charge is 0.229 e. The number of nitrogens with one attached hydrogen (secondary N) is 2. The highest BCUT2D eigenvalue weighted by Gasteiger charge is 2.35. The lowest BCUT2D eigenvalue weighted by Gasteiger charge is -2.49. The van der Waals surface area contributed by atoms with Crippen LogP contribution in [-0.4, -0.2) is 103 Å². The topological polar surface area (TPSA) is 112 Å². The Balaban J connectivity index is 1.20. The summed E-state index contributed by atoms with van der Waals surface area (Å²) in [6.07, 6.45) is 7.27. The van der Waals surface area contributed by atoms with Crippen molar-refractivity contribution in [2.45, 2.75) is 31.8 Å². The monoisotopic (exact) mass is 693 g/mol. The number of fused-ring (bicyclic) bond motifs is 1. The molecule has 11 nitrogen and oxygen atoms in total. The van der Waals surface area contributed by atoms with Crippen LogP contribution in [0, 0.1) is 6.92 Å². The van der Waals surface area contributed by atoms with Crippen molar-refractivity contribution in [3.8, 4) is 5.75 Å². The Hall–Kier alpha value is -3.31. The predicted molar refractivity (Wildman–Crippen MR) is 187 cm³/mol. The molecule has 45 heavy (non-hydrogen) atoms. The first-order valence-corrected chi connectivity index (χ1v) is 18.6. The van der Waals surface area contributed by atoms with Crippen LogP contribution in [0.2, 0.25) is 0 Å². The highest BCUT2D eigenvalue weighted by Crippen LogP contribution is 2.42. The zero-order chi connectivity index (χ0) is 31.9. The molecule has 4 aromatic rings. The third kappa shape index (κ3) is 6.65. The van der Waals surface area contributed by atoms with Crippen LogP contribution in [0.1, 0.15) is 18.4 Å². The van der Waals surface area contributed by atoms with E-state index in [9.17, 15) is 4.57 Å². The maximum Gasteiger partial charge on any atom is 0.229 e. The summed E-state index contributed by atoms with van der Waals surface area (Å²) in [6, 6.07) is 9.30. The van der Waals surface area contributed by atoms with E-state index in [0.717, 1.165) is 30.1 Å². The summed E-state index contributed by atoms with van der Waals surface area (Å²) in [7, 11) is 3.30. The van der Waals surface area contributed by atoms with Gasteiger partial charge in [0.15, 0.2) is 0 Å². The number of anilines is 5. The van der Waals surface area contributed by atoms with Gasteiger partial charge in [-0.15, -0.1) is 0 Å². The largest absolute Gasteiger partial charge is 0.494 e. The number of likely N-dealkylation sites (tertiary alicyclic amines) is 1. The van der Waals surface area contributed by atoms with Crippen molar-refractivity contribution < 1.29 is 9.30 Å². The van der Waals surface area contributed by atoms with Gasteiger partial charge < -0.3 is 29.7 Å². The number of likely N-dealkylation sites (N-methyl/N-ethyl adjacent to an activating group) is 1. The molecule has 0 bridgehead atoms. The zero-order valence-electron chi connectivity index (χ0n) is 26.7. The fourth-order valence-electron chi connectivity index (χ4n) is 6.30. The SMILES string of the molecule is COc1cc(N2CCC(N3CC(N(C)C)C3)CC2)c(C)cc1Nc1ncc(Br)c(Nc2ccc3nccnc3c2P(C)(C)=O)n1. The van der Waals surface area contributed by atoms with Crippen LogP contribution in [0.15, 0.2) is 47.3 Å². The van der Waals surface area contributed by atoms with Gasteiger partial charge in [-0.3, -0.25) is 14.9 Å². The van der Waals surface area contributed by atoms with E-state index in [0.29, 0.717) is 50.3 Å². The predicted octanol–water partition coefficient (Wildman–Crippen LogP) is 5.45. The van der Waals surface area contributed by atoms with Gasteiger partial charge >= 0.3 is 0 Å². The normalized spacial score (nSPS) is 16.7. The third-order valence-electron chi connectivity index (χ3n) is 8.86. The number of piperidine rings is 1. The Morgan fingerprint density at radius 3 is 2.44 bits per heavy atom. The van der Waals surface area contributed by atoms with Crippen LogP contribution in [0.3, 0.4) is 0 Å². The second-order valence-corrected chi connectivity index (χ2v) is 16.5. The molecule has 6 rings (SSSR count). The lowest BCUT2D eigenvalue weighted by Crippen LogP contribution is -2.62. The van der Waals surface area contributed by atoms with Crippen molar-refractivity contribution in [2.24, 2.45) is 0 Å². The van der Waals surface area contributed by atoms with Crippen LogP contribution < -0.4 is 25.6 Å². The van der Waals surface area contributed by atoms with Gasteiger partial charge in [0.1, 0.15) is 24.2 Å². The van der Waals surface area contributed by atoms with Crippen LogP contribution in [0.25, 0.3) is 11.0 Å². The lowest BCUT2D eigenvalue weighted by atomic mass is 9.96. The molecular weight excluding hydrogens is 653 g/mol. The number of methoxy groups -OCH3 is 1. The highest BCUT2D eigenvalue weighted by molar-refractivity contribution is 9.10. The van der Waals surface area contributed by atoms with E-state index in [2.05, 4.69) is 89.4 Å². The Labute approximate surface area is 273 Å². The molecule has 0 saturated carbocycles. The van der Waals surface area contributed by atoms with E-state index < -0.39 is 7.14 Å². The van der Waals surface area contributed by atoms with Gasteiger partial charge in [0.05, 0.1) is 33.8 Å². The second kappa shape index (κ2) is 12.8. The van der Waals surface area contributed by atoms with E-state index in [1.165, 1.54) is 31.6 Å². The van der Waals surface area contributed by atoms with Gasteiger partial charge in [-0.1, -0.05) is 0 Å². The first kappa shape index (κ1) is 31.7. The fraction of sp³-hybridized carbons (Fsp3) is 0.438. The molecule has 0 aliphatic carbocycles. The molecule has 2 fully saturated rings. The number of halogens is 1. The Morgan fingerprint density at radius 2 is 1.76 bits per heavy atom. The number of aryl methyl sites for hydroxylation is 1. The standard InChI is InChI=1S/C32H41BrN9O2P/c1-20-15-26(28(44-4)16-27(20)41-13-9-21(10-14-41)42-18-22(19-42)40(2)3)38-32-36-17-23(33)31(39-32)37-25-8-7-24-29(35-12-11-34-24)30(25)45(5,6)43/h7-8,11-12,15-17,21-22H,9-10,13-14,18-19H2,1-6H3,(H2,36,37,38,39). The average molecular weight is 695 g/mol. The van der Waals surface area contributed by atoms with Crippen molar-refractivity contribution in [1.82, 2.24) is 29.7 Å². The molecule has 0 atom stereocenters. The van der Waals surface area contributed by atoms with Gasteiger partial charge in [-0.25, -0.2) is 4.98 Å². The Kier molecular flexibility index (Phi) is 9.03. The highest BCUT2D eigenvalue weighted by atomic mass is 79.9. The number of benzene rings is 2. The Bertz CT molecular complexity index is 1750. The maximum atomic E-state index is 13.4. The van der Waals surface area contributed by atoms with Gasteiger partial charge in [-0.2, -0.15) is 4.98 Å². The summed E-state index contributed by atoms with van der Waals surface area (Å²) in [4.78, 5) is 25.6. The molecular formula is C32H41BrN9O2P. The maximum absolute atomic E-state index is 13.4. The summed E-state index contributed by atoms with van der Waals surface area (Å²) < 4.78 is 19.9. The molecule has 0 amide bonds. The van der Waals surface area contributed by atoms with Gasteiger partial charge in [0.2, 0.25) is 5.95 Å². The van der Waals surface area contributed by atoms with Gasteiger partial charge in [-0.05, 0) is 86.9 Å². The molecule has 238 valence electrons. The van der Waals surface area contributed by atoms with Crippen LogP contribution >= 0.6 is 23.1 Å². The number of hydrogen-bond acceptors (Lipinski definition) is 11. The molecule has 13 heteroatoms. The first-order chi connectivity index (χ1) is 21.5. The van der Waals surface area contributed by atoms with E-state index in [1.54, 1.807) is 39.0 Å². The summed E-state index contributed by atoms with van der Waals surface area (Å²) in [6.45, 7) is 10.0. The molecule has 4 heterocycles.